The SMILES string of the molecule is CCCCCCCCCCCCC(CCCCCCCCCCCC)CCCCCOCCOC. The number of rotatable bonds is 31. The van der Waals surface area contributed by atoms with Crippen molar-refractivity contribution in [3.05, 3.63) is 0 Å². The Morgan fingerprint density at radius 2 is 0.714 bits per heavy atom. The molecule has 0 amide bonds. The van der Waals surface area contributed by atoms with Gasteiger partial charge in [-0.3, -0.25) is 0 Å². The van der Waals surface area contributed by atoms with Crippen LogP contribution in [0.25, 0.3) is 0 Å². The highest BCUT2D eigenvalue weighted by molar-refractivity contribution is 4.62. The second kappa shape index (κ2) is 31.9. The zero-order valence-corrected chi connectivity index (χ0v) is 24.9. The molecule has 2 heteroatoms. The smallest absolute Gasteiger partial charge is 0.0700 e. The van der Waals surface area contributed by atoms with Crippen molar-refractivity contribution >= 4 is 0 Å². The summed E-state index contributed by atoms with van der Waals surface area (Å²) in [7, 11) is 1.74. The van der Waals surface area contributed by atoms with E-state index in [9.17, 15) is 0 Å². The zero-order valence-electron chi connectivity index (χ0n) is 24.9. The van der Waals surface area contributed by atoms with Gasteiger partial charge in [0.25, 0.3) is 0 Å². The molecule has 0 saturated heterocycles. The van der Waals surface area contributed by atoms with Crippen molar-refractivity contribution in [2.75, 3.05) is 26.9 Å². The first-order valence-electron chi connectivity index (χ1n) is 16.4. The molecular weight excluding hydrogens is 428 g/mol. The third-order valence-electron chi connectivity index (χ3n) is 7.76. The molecule has 0 aromatic rings. The lowest BCUT2D eigenvalue weighted by atomic mass is 9.89. The predicted octanol–water partition coefficient (Wildman–Crippen LogP) is 11.4. The van der Waals surface area contributed by atoms with Crippen LogP contribution >= 0.6 is 0 Å². The Morgan fingerprint density at radius 1 is 0.371 bits per heavy atom. The van der Waals surface area contributed by atoms with Gasteiger partial charge in [0.1, 0.15) is 0 Å². The van der Waals surface area contributed by atoms with Gasteiger partial charge in [-0.05, 0) is 12.3 Å². The van der Waals surface area contributed by atoms with E-state index in [1.807, 2.05) is 0 Å². The zero-order chi connectivity index (χ0) is 25.5. The van der Waals surface area contributed by atoms with Crippen LogP contribution in [0.4, 0.5) is 0 Å². The van der Waals surface area contributed by atoms with Crippen LogP contribution in [0, 0.1) is 5.92 Å². The number of hydrogen-bond acceptors (Lipinski definition) is 2. The highest BCUT2D eigenvalue weighted by Crippen LogP contribution is 2.24. The van der Waals surface area contributed by atoms with E-state index in [0.29, 0.717) is 0 Å². The first-order chi connectivity index (χ1) is 17.3. The van der Waals surface area contributed by atoms with E-state index in [2.05, 4.69) is 13.8 Å². The molecule has 0 N–H and O–H groups in total. The third-order valence-corrected chi connectivity index (χ3v) is 7.76. The summed E-state index contributed by atoms with van der Waals surface area (Å²) in [5, 5.41) is 0. The molecule has 0 unspecified atom stereocenters. The molecule has 0 rings (SSSR count). The molecule has 0 aliphatic carbocycles. The van der Waals surface area contributed by atoms with Crippen molar-refractivity contribution < 1.29 is 9.47 Å². The first-order valence-corrected chi connectivity index (χ1v) is 16.4. The number of ether oxygens (including phenoxy) is 2. The summed E-state index contributed by atoms with van der Waals surface area (Å²) >= 11 is 0. The lowest BCUT2D eigenvalue weighted by Gasteiger charge is -2.17. The van der Waals surface area contributed by atoms with E-state index in [0.717, 1.165) is 25.7 Å². The van der Waals surface area contributed by atoms with Gasteiger partial charge >= 0.3 is 0 Å². The molecule has 0 fully saturated rings. The minimum Gasteiger partial charge on any atom is -0.382 e. The van der Waals surface area contributed by atoms with Crippen LogP contribution in [0.1, 0.15) is 181 Å². The maximum absolute atomic E-state index is 5.63. The predicted molar refractivity (Wildman–Crippen MR) is 158 cm³/mol. The number of hydrogen-bond donors (Lipinski definition) is 0. The Morgan fingerprint density at radius 3 is 1.09 bits per heavy atom. The summed E-state index contributed by atoms with van der Waals surface area (Å²) in [5.74, 6) is 0.979. The van der Waals surface area contributed by atoms with Crippen LogP contribution in [0.2, 0.25) is 0 Å². The van der Waals surface area contributed by atoms with Crippen molar-refractivity contribution in [2.24, 2.45) is 5.92 Å². The maximum atomic E-state index is 5.63. The van der Waals surface area contributed by atoms with Gasteiger partial charge in [0, 0.05) is 13.7 Å². The van der Waals surface area contributed by atoms with Crippen molar-refractivity contribution in [1.82, 2.24) is 0 Å². The first kappa shape index (κ1) is 34.9. The summed E-state index contributed by atoms with van der Waals surface area (Å²) < 4.78 is 10.7. The molecule has 0 aromatic heterocycles. The van der Waals surface area contributed by atoms with Gasteiger partial charge in [0.2, 0.25) is 0 Å². The second-order valence-electron chi connectivity index (χ2n) is 11.3. The number of methoxy groups -OCH3 is 1. The Bertz CT molecular complexity index is 333. The van der Waals surface area contributed by atoms with E-state index < -0.39 is 0 Å². The van der Waals surface area contributed by atoms with Gasteiger partial charge in [-0.15, -0.1) is 0 Å². The lowest BCUT2D eigenvalue weighted by Crippen LogP contribution is -2.04. The van der Waals surface area contributed by atoms with Crippen molar-refractivity contribution in [3.8, 4) is 0 Å². The van der Waals surface area contributed by atoms with E-state index in [1.165, 1.54) is 167 Å². The molecular formula is C33H68O2. The molecule has 0 aliphatic heterocycles. The molecule has 0 aliphatic rings. The van der Waals surface area contributed by atoms with Crippen molar-refractivity contribution in [3.63, 3.8) is 0 Å². The molecule has 35 heavy (non-hydrogen) atoms. The van der Waals surface area contributed by atoms with Gasteiger partial charge in [-0.1, -0.05) is 174 Å². The quantitative estimate of drug-likeness (QED) is 0.0888. The van der Waals surface area contributed by atoms with Crippen LogP contribution in [-0.2, 0) is 9.47 Å². The molecule has 0 heterocycles. The molecule has 0 spiro atoms. The summed E-state index contributed by atoms with van der Waals surface area (Å²) in [5.41, 5.74) is 0. The highest BCUT2D eigenvalue weighted by Gasteiger charge is 2.09. The molecule has 0 bridgehead atoms. The normalized spacial score (nSPS) is 11.7. The van der Waals surface area contributed by atoms with Crippen molar-refractivity contribution in [2.45, 2.75) is 181 Å². The number of unbranched alkanes of at least 4 members (excludes halogenated alkanes) is 20. The van der Waals surface area contributed by atoms with Gasteiger partial charge < -0.3 is 9.47 Å². The van der Waals surface area contributed by atoms with Crippen LogP contribution < -0.4 is 0 Å². The minimum absolute atomic E-state index is 0.722. The second-order valence-corrected chi connectivity index (χ2v) is 11.3. The monoisotopic (exact) mass is 497 g/mol. The van der Waals surface area contributed by atoms with Gasteiger partial charge in [0.05, 0.1) is 13.2 Å². The van der Waals surface area contributed by atoms with Crippen LogP contribution in [0.5, 0.6) is 0 Å². The Labute approximate surface area is 223 Å². The van der Waals surface area contributed by atoms with Crippen molar-refractivity contribution in [1.29, 1.82) is 0 Å². The maximum Gasteiger partial charge on any atom is 0.0700 e. The summed E-state index contributed by atoms with van der Waals surface area (Å²) in [6, 6.07) is 0. The van der Waals surface area contributed by atoms with E-state index in [-0.39, 0.29) is 0 Å². The topological polar surface area (TPSA) is 18.5 Å². The van der Waals surface area contributed by atoms with Gasteiger partial charge in [-0.2, -0.15) is 0 Å². The fourth-order valence-corrected chi connectivity index (χ4v) is 5.33. The van der Waals surface area contributed by atoms with Crippen LogP contribution in [0.3, 0.4) is 0 Å². The summed E-state index contributed by atoms with van der Waals surface area (Å²) in [6.45, 7) is 6.99. The molecule has 0 saturated carbocycles. The summed E-state index contributed by atoms with van der Waals surface area (Å²) in [6.07, 6.45) is 37.4. The Hall–Kier alpha value is -0.0800. The van der Waals surface area contributed by atoms with E-state index in [4.69, 9.17) is 9.47 Å². The van der Waals surface area contributed by atoms with Crippen LogP contribution in [0.15, 0.2) is 0 Å². The molecule has 2 nitrogen and oxygen atoms in total. The molecule has 0 aromatic carbocycles. The van der Waals surface area contributed by atoms with E-state index >= 15 is 0 Å². The van der Waals surface area contributed by atoms with Gasteiger partial charge in [-0.25, -0.2) is 0 Å². The van der Waals surface area contributed by atoms with E-state index in [1.54, 1.807) is 7.11 Å². The average molecular weight is 497 g/mol. The highest BCUT2D eigenvalue weighted by atomic mass is 16.5. The molecule has 0 atom stereocenters. The molecule has 0 radical (unpaired) electrons. The largest absolute Gasteiger partial charge is 0.382 e. The molecule has 212 valence electrons. The minimum atomic E-state index is 0.722. The fourth-order valence-electron chi connectivity index (χ4n) is 5.33. The Balaban J connectivity index is 3.84. The van der Waals surface area contributed by atoms with Crippen LogP contribution in [-0.4, -0.2) is 26.9 Å². The summed E-state index contributed by atoms with van der Waals surface area (Å²) in [4.78, 5) is 0. The fraction of sp³-hybridized carbons (Fsp3) is 1.00. The third kappa shape index (κ3) is 30.0. The standard InChI is InChI=1S/C33H68O2/c1-4-6-8-10-12-14-16-18-20-23-27-33(29-25-22-26-30-35-32-31-34-3)28-24-21-19-17-15-13-11-9-7-5-2/h33H,4-32H2,1-3H3. The van der Waals surface area contributed by atoms with Gasteiger partial charge in [0.15, 0.2) is 0 Å². The average Bonchev–Trinajstić information content (AvgIpc) is 2.87. The lowest BCUT2D eigenvalue weighted by molar-refractivity contribution is 0.0684. The Kier molecular flexibility index (Phi) is 31.9.